The predicted molar refractivity (Wildman–Crippen MR) is 71.1 cm³/mol. The standard InChI is InChI=1S/C15H20O3/c1-13(7-6-10-15(16)17-2)11-18-12-14-8-4-3-5-9-14/h3-5,8-9H,1,6-7,10-12H2,2H3. The van der Waals surface area contributed by atoms with Gasteiger partial charge in [0.15, 0.2) is 0 Å². The molecule has 0 aliphatic rings. The first-order chi connectivity index (χ1) is 8.72. The van der Waals surface area contributed by atoms with Crippen molar-refractivity contribution >= 4 is 5.97 Å². The van der Waals surface area contributed by atoms with Crippen molar-refractivity contribution in [3.05, 3.63) is 48.0 Å². The Hall–Kier alpha value is -1.61. The summed E-state index contributed by atoms with van der Waals surface area (Å²) < 4.78 is 10.1. The molecular formula is C15H20O3. The number of hydrogen-bond donors (Lipinski definition) is 0. The maximum absolute atomic E-state index is 10.9. The van der Waals surface area contributed by atoms with E-state index in [1.165, 1.54) is 7.11 Å². The Morgan fingerprint density at radius 2 is 1.94 bits per heavy atom. The van der Waals surface area contributed by atoms with Gasteiger partial charge in [-0.1, -0.05) is 42.5 Å². The molecule has 1 aromatic carbocycles. The Labute approximate surface area is 108 Å². The van der Waals surface area contributed by atoms with Gasteiger partial charge in [0, 0.05) is 6.42 Å². The van der Waals surface area contributed by atoms with E-state index in [4.69, 9.17) is 4.74 Å². The second-order valence-corrected chi connectivity index (χ2v) is 4.16. The van der Waals surface area contributed by atoms with E-state index in [1.54, 1.807) is 0 Å². The van der Waals surface area contributed by atoms with E-state index in [-0.39, 0.29) is 5.97 Å². The fourth-order valence-electron chi connectivity index (χ4n) is 1.54. The van der Waals surface area contributed by atoms with E-state index in [9.17, 15) is 4.79 Å². The van der Waals surface area contributed by atoms with Crippen molar-refractivity contribution < 1.29 is 14.3 Å². The van der Waals surface area contributed by atoms with E-state index in [2.05, 4.69) is 11.3 Å². The van der Waals surface area contributed by atoms with Crippen LogP contribution >= 0.6 is 0 Å². The largest absolute Gasteiger partial charge is 0.469 e. The summed E-state index contributed by atoms with van der Waals surface area (Å²) in [5, 5.41) is 0. The predicted octanol–water partition coefficient (Wildman–Crippen LogP) is 3.10. The molecule has 98 valence electrons. The summed E-state index contributed by atoms with van der Waals surface area (Å²) in [7, 11) is 1.40. The Morgan fingerprint density at radius 1 is 1.22 bits per heavy atom. The smallest absolute Gasteiger partial charge is 0.305 e. The maximum atomic E-state index is 10.9. The Balaban J connectivity index is 2.09. The van der Waals surface area contributed by atoms with Crippen LogP contribution in [-0.2, 0) is 20.9 Å². The number of hydrogen-bond acceptors (Lipinski definition) is 3. The summed E-state index contributed by atoms with van der Waals surface area (Å²) in [6.45, 7) is 5.06. The third-order valence-corrected chi connectivity index (χ3v) is 2.56. The molecule has 0 aliphatic carbocycles. The zero-order valence-electron chi connectivity index (χ0n) is 10.9. The van der Waals surface area contributed by atoms with E-state index >= 15 is 0 Å². The van der Waals surface area contributed by atoms with Crippen LogP contribution in [0, 0.1) is 0 Å². The molecule has 3 nitrogen and oxygen atoms in total. The summed E-state index contributed by atoms with van der Waals surface area (Å²) in [4.78, 5) is 10.9. The highest BCUT2D eigenvalue weighted by Gasteiger charge is 2.01. The normalized spacial score (nSPS) is 10.1. The van der Waals surface area contributed by atoms with Crippen LogP contribution in [0.25, 0.3) is 0 Å². The third kappa shape index (κ3) is 6.21. The lowest BCUT2D eigenvalue weighted by molar-refractivity contribution is -0.140. The maximum Gasteiger partial charge on any atom is 0.305 e. The van der Waals surface area contributed by atoms with Crippen LogP contribution in [0.3, 0.4) is 0 Å². The molecule has 18 heavy (non-hydrogen) atoms. The Morgan fingerprint density at radius 3 is 2.61 bits per heavy atom. The topological polar surface area (TPSA) is 35.5 Å². The summed E-state index contributed by atoms with van der Waals surface area (Å²) in [5.74, 6) is -0.173. The second kappa shape index (κ2) is 8.48. The molecular weight excluding hydrogens is 228 g/mol. The molecule has 1 aromatic rings. The quantitative estimate of drug-likeness (QED) is 0.524. The minimum atomic E-state index is -0.173. The van der Waals surface area contributed by atoms with Crippen LogP contribution in [0.15, 0.2) is 42.5 Å². The van der Waals surface area contributed by atoms with Gasteiger partial charge in [-0.15, -0.1) is 0 Å². The van der Waals surface area contributed by atoms with Crippen molar-refractivity contribution in [2.45, 2.75) is 25.9 Å². The SMILES string of the molecule is C=C(CCCC(=O)OC)COCc1ccccc1. The molecule has 0 bridgehead atoms. The summed E-state index contributed by atoms with van der Waals surface area (Å²) >= 11 is 0. The van der Waals surface area contributed by atoms with Gasteiger partial charge >= 0.3 is 5.97 Å². The van der Waals surface area contributed by atoms with Gasteiger partial charge in [0.1, 0.15) is 0 Å². The fraction of sp³-hybridized carbons (Fsp3) is 0.400. The lowest BCUT2D eigenvalue weighted by Crippen LogP contribution is -2.02. The number of methoxy groups -OCH3 is 1. The number of ether oxygens (including phenoxy) is 2. The van der Waals surface area contributed by atoms with E-state index in [1.807, 2.05) is 30.3 Å². The van der Waals surface area contributed by atoms with Gasteiger partial charge in [-0.05, 0) is 18.4 Å². The molecule has 3 heteroatoms. The molecule has 0 aromatic heterocycles. The number of carbonyl (C=O) groups excluding carboxylic acids is 1. The summed E-state index contributed by atoms with van der Waals surface area (Å²) in [5.41, 5.74) is 2.16. The molecule has 0 heterocycles. The minimum Gasteiger partial charge on any atom is -0.469 e. The van der Waals surface area contributed by atoms with Crippen molar-refractivity contribution in [2.24, 2.45) is 0 Å². The molecule has 1 rings (SSSR count). The first kappa shape index (κ1) is 14.5. The van der Waals surface area contributed by atoms with Gasteiger partial charge < -0.3 is 9.47 Å². The van der Waals surface area contributed by atoms with Gasteiger partial charge in [-0.2, -0.15) is 0 Å². The molecule has 0 fully saturated rings. The molecule has 0 atom stereocenters. The summed E-state index contributed by atoms with van der Waals surface area (Å²) in [6, 6.07) is 10.0. The van der Waals surface area contributed by atoms with E-state index in [0.29, 0.717) is 19.6 Å². The Kier molecular flexibility index (Phi) is 6.81. The molecule has 0 unspecified atom stereocenters. The molecule has 0 saturated heterocycles. The molecule has 0 saturated carbocycles. The lowest BCUT2D eigenvalue weighted by Gasteiger charge is -2.07. The number of esters is 1. The van der Waals surface area contributed by atoms with Crippen LogP contribution in [-0.4, -0.2) is 19.7 Å². The highest BCUT2D eigenvalue weighted by atomic mass is 16.5. The highest BCUT2D eigenvalue weighted by Crippen LogP contribution is 2.08. The van der Waals surface area contributed by atoms with Gasteiger partial charge in [-0.3, -0.25) is 4.79 Å². The van der Waals surface area contributed by atoms with Crippen LogP contribution < -0.4 is 0 Å². The van der Waals surface area contributed by atoms with Crippen molar-refractivity contribution in [3.8, 4) is 0 Å². The molecule has 0 aliphatic heterocycles. The van der Waals surface area contributed by atoms with Crippen molar-refractivity contribution in [2.75, 3.05) is 13.7 Å². The first-order valence-corrected chi connectivity index (χ1v) is 6.07. The molecule has 0 N–H and O–H groups in total. The number of carbonyl (C=O) groups is 1. The zero-order valence-corrected chi connectivity index (χ0v) is 10.9. The number of rotatable bonds is 8. The van der Waals surface area contributed by atoms with Gasteiger partial charge in [0.05, 0.1) is 20.3 Å². The minimum absolute atomic E-state index is 0.173. The molecule has 0 spiro atoms. The van der Waals surface area contributed by atoms with Gasteiger partial charge in [0.2, 0.25) is 0 Å². The van der Waals surface area contributed by atoms with Crippen LogP contribution in [0.4, 0.5) is 0 Å². The van der Waals surface area contributed by atoms with Crippen molar-refractivity contribution in [3.63, 3.8) is 0 Å². The van der Waals surface area contributed by atoms with Crippen LogP contribution in [0.1, 0.15) is 24.8 Å². The van der Waals surface area contributed by atoms with Crippen molar-refractivity contribution in [1.82, 2.24) is 0 Å². The van der Waals surface area contributed by atoms with Gasteiger partial charge in [0.25, 0.3) is 0 Å². The lowest BCUT2D eigenvalue weighted by atomic mass is 10.1. The first-order valence-electron chi connectivity index (χ1n) is 6.07. The van der Waals surface area contributed by atoms with Crippen LogP contribution in [0.2, 0.25) is 0 Å². The highest BCUT2D eigenvalue weighted by molar-refractivity contribution is 5.69. The average molecular weight is 248 g/mol. The van der Waals surface area contributed by atoms with Crippen molar-refractivity contribution in [1.29, 1.82) is 0 Å². The second-order valence-electron chi connectivity index (χ2n) is 4.16. The monoisotopic (exact) mass is 248 g/mol. The molecule has 0 radical (unpaired) electrons. The van der Waals surface area contributed by atoms with Crippen LogP contribution in [0.5, 0.6) is 0 Å². The zero-order chi connectivity index (χ0) is 13.2. The van der Waals surface area contributed by atoms with Gasteiger partial charge in [-0.25, -0.2) is 0 Å². The summed E-state index contributed by atoms with van der Waals surface area (Å²) in [6.07, 6.45) is 2.00. The van der Waals surface area contributed by atoms with E-state index in [0.717, 1.165) is 24.0 Å². The van der Waals surface area contributed by atoms with E-state index < -0.39 is 0 Å². The average Bonchev–Trinajstić information content (AvgIpc) is 2.39. The third-order valence-electron chi connectivity index (χ3n) is 2.56. The fourth-order valence-corrected chi connectivity index (χ4v) is 1.54. The molecule has 0 amide bonds. The Bertz CT molecular complexity index is 371. The number of benzene rings is 1.